The number of aryl methyl sites for hydroxylation is 2. The van der Waals surface area contributed by atoms with Crippen molar-refractivity contribution in [1.29, 1.82) is 0 Å². The molecule has 0 atom stereocenters. The van der Waals surface area contributed by atoms with Crippen LogP contribution in [0.5, 0.6) is 0 Å². The first kappa shape index (κ1) is 20.0. The molecule has 2 aromatic carbocycles. The molecule has 144 valence electrons. The van der Waals surface area contributed by atoms with Crippen LogP contribution < -0.4 is 10.6 Å². The Morgan fingerprint density at radius 1 is 1.04 bits per heavy atom. The van der Waals surface area contributed by atoms with Gasteiger partial charge in [0.15, 0.2) is 4.34 Å². The van der Waals surface area contributed by atoms with Crippen LogP contribution in [-0.2, 0) is 11.3 Å². The predicted molar refractivity (Wildman–Crippen MR) is 113 cm³/mol. The molecule has 2 N–H and O–H groups in total. The van der Waals surface area contributed by atoms with Crippen molar-refractivity contribution in [3.8, 4) is 0 Å². The van der Waals surface area contributed by atoms with Gasteiger partial charge < -0.3 is 10.6 Å². The predicted octanol–water partition coefficient (Wildman–Crippen LogP) is 3.82. The molecule has 6 nitrogen and oxygen atoms in total. The summed E-state index contributed by atoms with van der Waals surface area (Å²) in [5, 5.41) is 14.5. The van der Waals surface area contributed by atoms with E-state index in [1.165, 1.54) is 28.7 Å². The molecule has 3 aromatic rings. The number of benzene rings is 2. The van der Waals surface area contributed by atoms with Crippen LogP contribution in [-0.4, -0.2) is 27.8 Å². The molecular formula is C20H20N4O2S2. The highest BCUT2D eigenvalue weighted by molar-refractivity contribution is 8.01. The van der Waals surface area contributed by atoms with E-state index in [1.54, 1.807) is 24.3 Å². The van der Waals surface area contributed by atoms with Gasteiger partial charge in [-0.2, -0.15) is 0 Å². The number of thioether (sulfide) groups is 1. The second-order valence-electron chi connectivity index (χ2n) is 6.14. The minimum absolute atomic E-state index is 0.198. The van der Waals surface area contributed by atoms with Crippen molar-refractivity contribution in [2.24, 2.45) is 0 Å². The Balaban J connectivity index is 1.59. The Morgan fingerprint density at radius 2 is 1.79 bits per heavy atom. The molecule has 0 saturated carbocycles. The molecule has 28 heavy (non-hydrogen) atoms. The topological polar surface area (TPSA) is 84.0 Å². The van der Waals surface area contributed by atoms with Gasteiger partial charge >= 0.3 is 0 Å². The molecule has 8 heteroatoms. The average molecular weight is 413 g/mol. The van der Waals surface area contributed by atoms with Gasteiger partial charge in [-0.25, -0.2) is 0 Å². The van der Waals surface area contributed by atoms with Crippen molar-refractivity contribution in [2.75, 3.05) is 11.1 Å². The zero-order valence-corrected chi connectivity index (χ0v) is 17.2. The molecular weight excluding hydrogens is 392 g/mol. The van der Waals surface area contributed by atoms with E-state index in [0.29, 0.717) is 17.8 Å². The highest BCUT2D eigenvalue weighted by Gasteiger charge is 2.14. The van der Waals surface area contributed by atoms with Crippen LogP contribution in [0.15, 0.2) is 52.9 Å². The minimum atomic E-state index is -0.233. The Morgan fingerprint density at radius 3 is 2.50 bits per heavy atom. The normalized spacial score (nSPS) is 10.5. The summed E-state index contributed by atoms with van der Waals surface area (Å²) >= 11 is 2.77. The van der Waals surface area contributed by atoms with Crippen molar-refractivity contribution < 1.29 is 9.59 Å². The Hall–Kier alpha value is -2.71. The third kappa shape index (κ3) is 5.64. The largest absolute Gasteiger partial charge is 0.348 e. The quantitative estimate of drug-likeness (QED) is 0.577. The monoisotopic (exact) mass is 412 g/mol. The van der Waals surface area contributed by atoms with Crippen LogP contribution in [0.2, 0.25) is 0 Å². The standard InChI is InChI=1S/C20H20N4O2S2/c1-13-7-9-15(10-8-13)11-21-19(26)16-5-3-4-6-17(16)22-18(25)12-27-20-24-23-14(2)28-20/h3-10H,11-12H2,1-2H3,(H,21,26)(H,22,25). The van der Waals surface area contributed by atoms with Gasteiger partial charge in [0, 0.05) is 6.54 Å². The maximum atomic E-state index is 12.6. The molecule has 0 bridgehead atoms. The van der Waals surface area contributed by atoms with Crippen LogP contribution >= 0.6 is 23.1 Å². The summed E-state index contributed by atoms with van der Waals surface area (Å²) in [6.07, 6.45) is 0. The molecule has 0 aliphatic carbocycles. The van der Waals surface area contributed by atoms with E-state index in [2.05, 4.69) is 20.8 Å². The van der Waals surface area contributed by atoms with Gasteiger partial charge in [0.2, 0.25) is 5.91 Å². The number of hydrogen-bond acceptors (Lipinski definition) is 6. The van der Waals surface area contributed by atoms with Gasteiger partial charge in [0.05, 0.1) is 17.0 Å². The second kappa shape index (κ2) is 9.48. The zero-order chi connectivity index (χ0) is 19.9. The number of carbonyl (C=O) groups excluding carboxylic acids is 2. The van der Waals surface area contributed by atoms with Crippen molar-refractivity contribution in [1.82, 2.24) is 15.5 Å². The van der Waals surface area contributed by atoms with E-state index in [9.17, 15) is 9.59 Å². The minimum Gasteiger partial charge on any atom is -0.348 e. The van der Waals surface area contributed by atoms with Gasteiger partial charge in [0.1, 0.15) is 5.01 Å². The molecule has 2 amide bonds. The third-order valence-electron chi connectivity index (χ3n) is 3.85. The zero-order valence-electron chi connectivity index (χ0n) is 15.6. The van der Waals surface area contributed by atoms with Crippen LogP contribution in [0.3, 0.4) is 0 Å². The molecule has 0 aliphatic rings. The summed E-state index contributed by atoms with van der Waals surface area (Å²) in [4.78, 5) is 24.9. The van der Waals surface area contributed by atoms with Crippen LogP contribution in [0, 0.1) is 13.8 Å². The first-order valence-electron chi connectivity index (χ1n) is 8.67. The molecule has 0 unspecified atom stereocenters. The Labute approximate surface area is 171 Å². The van der Waals surface area contributed by atoms with E-state index in [-0.39, 0.29) is 17.6 Å². The molecule has 0 aliphatic heterocycles. The number of rotatable bonds is 7. The van der Waals surface area contributed by atoms with Gasteiger partial charge in [-0.05, 0) is 31.5 Å². The summed E-state index contributed by atoms with van der Waals surface area (Å²) in [6.45, 7) is 4.31. The number of carbonyl (C=O) groups is 2. The highest BCUT2D eigenvalue weighted by atomic mass is 32.2. The smallest absolute Gasteiger partial charge is 0.253 e. The van der Waals surface area contributed by atoms with Crippen LogP contribution in [0.25, 0.3) is 0 Å². The van der Waals surface area contributed by atoms with E-state index in [4.69, 9.17) is 0 Å². The van der Waals surface area contributed by atoms with Gasteiger partial charge in [0.25, 0.3) is 5.91 Å². The number of nitrogens with zero attached hydrogens (tertiary/aromatic N) is 2. The molecule has 0 spiro atoms. The molecule has 0 fully saturated rings. The van der Waals surface area contributed by atoms with E-state index >= 15 is 0 Å². The third-order valence-corrected chi connectivity index (χ3v) is 5.83. The summed E-state index contributed by atoms with van der Waals surface area (Å²) < 4.78 is 0.747. The lowest BCUT2D eigenvalue weighted by Gasteiger charge is -2.11. The number of hydrogen-bond donors (Lipinski definition) is 2. The first-order valence-corrected chi connectivity index (χ1v) is 10.5. The summed E-state index contributed by atoms with van der Waals surface area (Å²) in [7, 11) is 0. The van der Waals surface area contributed by atoms with Crippen molar-refractivity contribution >= 4 is 40.6 Å². The number of para-hydroxylation sites is 1. The first-order chi connectivity index (χ1) is 13.5. The fourth-order valence-corrected chi connectivity index (χ4v) is 4.04. The molecule has 1 aromatic heterocycles. The number of amides is 2. The fraction of sp³-hybridized carbons (Fsp3) is 0.200. The van der Waals surface area contributed by atoms with E-state index in [1.807, 2.05) is 38.1 Å². The lowest BCUT2D eigenvalue weighted by molar-refractivity contribution is -0.113. The molecule has 1 heterocycles. The van der Waals surface area contributed by atoms with E-state index < -0.39 is 0 Å². The fourth-order valence-electron chi connectivity index (χ4n) is 2.42. The van der Waals surface area contributed by atoms with Crippen molar-refractivity contribution in [3.05, 3.63) is 70.2 Å². The van der Waals surface area contributed by atoms with Crippen molar-refractivity contribution in [2.45, 2.75) is 24.7 Å². The number of nitrogens with one attached hydrogen (secondary N) is 2. The second-order valence-corrected chi connectivity index (χ2v) is 8.54. The average Bonchev–Trinajstić information content (AvgIpc) is 3.11. The maximum Gasteiger partial charge on any atom is 0.253 e. The highest BCUT2D eigenvalue weighted by Crippen LogP contribution is 2.22. The van der Waals surface area contributed by atoms with Gasteiger partial charge in [-0.15, -0.1) is 10.2 Å². The Kier molecular flexibility index (Phi) is 6.78. The summed E-state index contributed by atoms with van der Waals surface area (Å²) in [5.41, 5.74) is 3.11. The maximum absolute atomic E-state index is 12.6. The summed E-state index contributed by atoms with van der Waals surface area (Å²) in [6, 6.07) is 15.0. The van der Waals surface area contributed by atoms with Gasteiger partial charge in [-0.1, -0.05) is 65.1 Å². The molecule has 3 rings (SSSR count). The number of anilines is 1. The SMILES string of the molecule is Cc1ccc(CNC(=O)c2ccccc2NC(=O)CSc2nnc(C)s2)cc1. The molecule has 0 saturated heterocycles. The van der Waals surface area contributed by atoms with Crippen LogP contribution in [0.1, 0.15) is 26.5 Å². The lowest BCUT2D eigenvalue weighted by Crippen LogP contribution is -2.25. The van der Waals surface area contributed by atoms with Gasteiger partial charge in [-0.3, -0.25) is 9.59 Å². The van der Waals surface area contributed by atoms with Crippen molar-refractivity contribution in [3.63, 3.8) is 0 Å². The Bertz CT molecular complexity index is 970. The molecule has 0 radical (unpaired) electrons. The summed E-state index contributed by atoms with van der Waals surface area (Å²) in [5.74, 6) is -0.228. The van der Waals surface area contributed by atoms with Crippen LogP contribution in [0.4, 0.5) is 5.69 Å². The number of aromatic nitrogens is 2. The lowest BCUT2D eigenvalue weighted by atomic mass is 10.1. The van der Waals surface area contributed by atoms with E-state index in [0.717, 1.165) is 14.9 Å².